The Kier molecular flexibility index (Phi) is 9.32. The summed E-state index contributed by atoms with van der Waals surface area (Å²) in [4.78, 5) is 30.3. The van der Waals surface area contributed by atoms with Crippen LogP contribution >= 0.6 is 0 Å². The van der Waals surface area contributed by atoms with E-state index in [0.29, 0.717) is 34.5 Å². The summed E-state index contributed by atoms with van der Waals surface area (Å²) in [6.45, 7) is 8.99. The summed E-state index contributed by atoms with van der Waals surface area (Å²) in [5, 5.41) is 0. The molecule has 4 rings (SSSR count). The van der Waals surface area contributed by atoms with E-state index in [9.17, 15) is 18.0 Å². The van der Waals surface area contributed by atoms with Crippen LogP contribution in [-0.2, 0) is 39.1 Å². The molecular weight excluding hydrogens is 559 g/mol. The number of hydrogen-bond acceptors (Lipinski definition) is 6. The van der Waals surface area contributed by atoms with Gasteiger partial charge in [0, 0.05) is 29.3 Å². The minimum Gasteiger partial charge on any atom is -0.465 e. The lowest BCUT2D eigenvalue weighted by atomic mass is 10.0. The molecule has 0 aliphatic heterocycles. The molecule has 0 amide bonds. The second-order valence-electron chi connectivity index (χ2n) is 11.2. The third kappa shape index (κ3) is 6.96. The average molecular weight is 597 g/mol. The number of rotatable bonds is 11. The number of hydrogen-bond donors (Lipinski definition) is 1. The predicted octanol–water partition coefficient (Wildman–Crippen LogP) is 5.03. The Morgan fingerprint density at radius 3 is 2.50 bits per heavy atom. The maximum absolute atomic E-state index is 15.7. The number of pyridine rings is 1. The summed E-state index contributed by atoms with van der Waals surface area (Å²) >= 11 is 0. The zero-order valence-corrected chi connectivity index (χ0v) is 25.4. The van der Waals surface area contributed by atoms with E-state index in [2.05, 4.69) is 9.71 Å². The van der Waals surface area contributed by atoms with Crippen LogP contribution in [0.15, 0.2) is 64.4 Å². The van der Waals surface area contributed by atoms with Gasteiger partial charge < -0.3 is 13.9 Å². The normalized spacial score (nSPS) is 12.1. The Balaban J connectivity index is 1.76. The fraction of sp³-hybridized carbons (Fsp3) is 0.387. The fourth-order valence-electron chi connectivity index (χ4n) is 4.80. The smallest absolute Gasteiger partial charge is 0.326 e. The first-order valence-corrected chi connectivity index (χ1v) is 15.5. The standard InChI is InChI=1S/C31H37FN4O5S/c1-6-8-13-27-33-25-16-17-35(20-28(37)41-7-2)30(38)29(25)36(27)19-22-15-14-21(18-24(22)32)23-11-9-10-12-26(23)42(39,40)34-31(3,4)5/h9-12,14-18,34H,6-8,13,19-20H2,1-5H3. The molecule has 0 atom stereocenters. The molecule has 42 heavy (non-hydrogen) atoms. The second kappa shape index (κ2) is 12.6. The molecule has 1 N–H and O–H groups in total. The van der Waals surface area contributed by atoms with Crippen molar-refractivity contribution in [1.82, 2.24) is 18.8 Å². The van der Waals surface area contributed by atoms with Crippen LogP contribution in [0.5, 0.6) is 0 Å². The number of aromatic nitrogens is 3. The molecule has 2 aromatic carbocycles. The molecule has 2 aromatic heterocycles. The first-order chi connectivity index (χ1) is 19.8. The number of imidazole rings is 1. The third-order valence-electron chi connectivity index (χ3n) is 6.62. The molecule has 0 fully saturated rings. The lowest BCUT2D eigenvalue weighted by molar-refractivity contribution is -0.143. The molecule has 0 unspecified atom stereocenters. The van der Waals surface area contributed by atoms with Gasteiger partial charge in [-0.25, -0.2) is 22.5 Å². The summed E-state index contributed by atoms with van der Waals surface area (Å²) in [6, 6.07) is 12.7. The maximum Gasteiger partial charge on any atom is 0.326 e. The number of sulfonamides is 1. The quantitative estimate of drug-likeness (QED) is 0.243. The highest BCUT2D eigenvalue weighted by Gasteiger charge is 2.25. The summed E-state index contributed by atoms with van der Waals surface area (Å²) < 4.78 is 52.6. The van der Waals surface area contributed by atoms with Crippen LogP contribution in [-0.4, -0.2) is 40.7 Å². The molecule has 0 saturated carbocycles. The fourth-order valence-corrected chi connectivity index (χ4v) is 6.45. The molecule has 4 aromatic rings. The number of carbonyl (C=O) groups excluding carboxylic acids is 1. The molecule has 0 aliphatic carbocycles. The predicted molar refractivity (Wildman–Crippen MR) is 160 cm³/mol. The Labute approximate surface area is 245 Å². The number of carbonyl (C=O) groups is 1. The van der Waals surface area contributed by atoms with Gasteiger partial charge in [0.2, 0.25) is 10.0 Å². The molecule has 224 valence electrons. The number of halogens is 1. The van der Waals surface area contributed by atoms with Gasteiger partial charge in [0.1, 0.15) is 23.7 Å². The zero-order valence-electron chi connectivity index (χ0n) is 24.6. The van der Waals surface area contributed by atoms with Crippen LogP contribution in [0, 0.1) is 5.82 Å². The molecular formula is C31H37FN4O5S. The van der Waals surface area contributed by atoms with Crippen LogP contribution in [0.4, 0.5) is 4.39 Å². The van der Waals surface area contributed by atoms with Gasteiger partial charge in [-0.2, -0.15) is 0 Å². The van der Waals surface area contributed by atoms with Gasteiger partial charge in [-0.1, -0.05) is 43.7 Å². The SMILES string of the molecule is CCCCc1nc2ccn(CC(=O)OCC)c(=O)c2n1Cc1ccc(-c2ccccc2S(=O)(=O)NC(C)(C)C)cc1F. The van der Waals surface area contributed by atoms with Gasteiger partial charge in [0.05, 0.1) is 23.6 Å². The Hall–Kier alpha value is -3.83. The summed E-state index contributed by atoms with van der Waals surface area (Å²) in [5.41, 5.74) is 0.721. The van der Waals surface area contributed by atoms with Gasteiger partial charge >= 0.3 is 5.97 Å². The molecule has 0 radical (unpaired) electrons. The van der Waals surface area contributed by atoms with Crippen molar-refractivity contribution in [2.24, 2.45) is 0 Å². The number of unbranched alkanes of at least 4 members (excludes halogenated alkanes) is 1. The number of nitrogens with one attached hydrogen (secondary N) is 1. The molecule has 0 bridgehead atoms. The van der Waals surface area contributed by atoms with Crippen LogP contribution in [0.1, 0.15) is 58.8 Å². The van der Waals surface area contributed by atoms with E-state index in [-0.39, 0.29) is 30.1 Å². The number of fused-ring (bicyclic) bond motifs is 1. The topological polar surface area (TPSA) is 112 Å². The number of ether oxygens (including phenoxy) is 1. The van der Waals surface area contributed by atoms with Gasteiger partial charge in [-0.05, 0) is 57.9 Å². The van der Waals surface area contributed by atoms with E-state index in [1.54, 1.807) is 68.7 Å². The van der Waals surface area contributed by atoms with Gasteiger partial charge in [-0.3, -0.25) is 9.59 Å². The third-order valence-corrected chi connectivity index (χ3v) is 8.43. The number of esters is 1. The first-order valence-electron chi connectivity index (χ1n) is 14.0. The van der Waals surface area contributed by atoms with Gasteiger partial charge in [0.25, 0.3) is 5.56 Å². The second-order valence-corrected chi connectivity index (χ2v) is 12.8. The van der Waals surface area contributed by atoms with Crippen molar-refractivity contribution in [3.63, 3.8) is 0 Å². The lowest BCUT2D eigenvalue weighted by Gasteiger charge is -2.21. The molecule has 9 nitrogen and oxygen atoms in total. The highest BCUT2D eigenvalue weighted by Crippen LogP contribution is 2.30. The van der Waals surface area contributed by atoms with Crippen LogP contribution in [0.3, 0.4) is 0 Å². The van der Waals surface area contributed by atoms with Crippen molar-refractivity contribution in [3.05, 3.63) is 82.3 Å². The molecule has 0 spiro atoms. The van der Waals surface area contributed by atoms with Crippen LogP contribution in [0.2, 0.25) is 0 Å². The van der Waals surface area contributed by atoms with Crippen molar-refractivity contribution >= 4 is 27.0 Å². The number of aryl methyl sites for hydroxylation is 1. The van der Waals surface area contributed by atoms with E-state index in [1.165, 1.54) is 22.9 Å². The number of benzene rings is 2. The van der Waals surface area contributed by atoms with E-state index in [1.807, 2.05) is 6.92 Å². The monoisotopic (exact) mass is 596 g/mol. The Bertz CT molecular complexity index is 1770. The van der Waals surface area contributed by atoms with Crippen molar-refractivity contribution in [2.75, 3.05) is 6.61 Å². The summed E-state index contributed by atoms with van der Waals surface area (Å²) in [7, 11) is -3.88. The van der Waals surface area contributed by atoms with Crippen molar-refractivity contribution in [1.29, 1.82) is 0 Å². The van der Waals surface area contributed by atoms with Crippen LogP contribution in [0.25, 0.3) is 22.2 Å². The molecule has 0 saturated heterocycles. The van der Waals surface area contributed by atoms with Crippen molar-refractivity contribution < 1.29 is 22.3 Å². The zero-order chi connectivity index (χ0) is 30.7. The van der Waals surface area contributed by atoms with Gasteiger partial charge in [0.15, 0.2) is 0 Å². The minimum atomic E-state index is -3.88. The van der Waals surface area contributed by atoms with Crippen LogP contribution < -0.4 is 10.3 Å². The first kappa shape index (κ1) is 31.1. The Morgan fingerprint density at radius 1 is 1.10 bits per heavy atom. The average Bonchev–Trinajstić information content (AvgIpc) is 3.26. The summed E-state index contributed by atoms with van der Waals surface area (Å²) in [5.74, 6) is -0.432. The number of nitrogens with zero attached hydrogens (tertiary/aromatic N) is 3. The Morgan fingerprint density at radius 2 is 1.83 bits per heavy atom. The maximum atomic E-state index is 15.7. The largest absolute Gasteiger partial charge is 0.465 e. The highest BCUT2D eigenvalue weighted by molar-refractivity contribution is 7.89. The molecule has 11 heteroatoms. The van der Waals surface area contributed by atoms with E-state index in [4.69, 9.17) is 4.74 Å². The van der Waals surface area contributed by atoms with Gasteiger partial charge in [-0.15, -0.1) is 0 Å². The van der Waals surface area contributed by atoms with Crippen molar-refractivity contribution in [3.8, 4) is 11.1 Å². The van der Waals surface area contributed by atoms with E-state index in [0.717, 1.165) is 12.8 Å². The van der Waals surface area contributed by atoms with Crippen molar-refractivity contribution in [2.45, 2.75) is 77.4 Å². The van der Waals surface area contributed by atoms with E-state index >= 15 is 4.39 Å². The lowest BCUT2D eigenvalue weighted by Crippen LogP contribution is -2.40. The minimum absolute atomic E-state index is 0.0336. The van der Waals surface area contributed by atoms with E-state index < -0.39 is 32.9 Å². The highest BCUT2D eigenvalue weighted by atomic mass is 32.2. The molecule has 2 heterocycles. The summed E-state index contributed by atoms with van der Waals surface area (Å²) in [6.07, 6.45) is 3.84. The molecule has 0 aliphatic rings.